The Morgan fingerprint density at radius 3 is 2.71 bits per heavy atom. The van der Waals surface area contributed by atoms with E-state index < -0.39 is 0 Å². The Hall–Kier alpha value is -2.49. The summed E-state index contributed by atoms with van der Waals surface area (Å²) in [4.78, 5) is 20.0. The van der Waals surface area contributed by atoms with Gasteiger partial charge in [0.05, 0.1) is 11.9 Å². The minimum Gasteiger partial charge on any atom is -0.342 e. The number of aryl methyl sites for hydroxylation is 1. The fourth-order valence-electron chi connectivity index (χ4n) is 4.09. The minimum atomic E-state index is 0.557. The Labute approximate surface area is 141 Å². The number of nitrogens with zero attached hydrogens (tertiary/aromatic N) is 3. The number of hydrogen-bond donors (Lipinski definition) is 0. The van der Waals surface area contributed by atoms with E-state index in [1.165, 1.54) is 43.1 Å². The van der Waals surface area contributed by atoms with E-state index in [4.69, 9.17) is 0 Å². The standard InChI is InChI=1S/C20H21N3O/c1-23-18-11-14(13-24)7-8-16(18)19(15-5-3-2-4-6-15)20(23)17-12-21-9-10-22-17/h7-13,15H,2-6H2,1H3. The van der Waals surface area contributed by atoms with Crippen LogP contribution in [0.5, 0.6) is 0 Å². The Bertz CT molecular complexity index is 877. The Kier molecular flexibility index (Phi) is 3.89. The molecule has 1 saturated carbocycles. The molecule has 4 nitrogen and oxygen atoms in total. The van der Waals surface area contributed by atoms with E-state index in [0.717, 1.165) is 23.2 Å². The quantitative estimate of drug-likeness (QED) is 0.668. The molecule has 3 aromatic rings. The summed E-state index contributed by atoms with van der Waals surface area (Å²) in [6, 6.07) is 6.00. The maximum Gasteiger partial charge on any atom is 0.150 e. The van der Waals surface area contributed by atoms with Crippen molar-refractivity contribution in [2.24, 2.45) is 7.05 Å². The summed E-state index contributed by atoms with van der Waals surface area (Å²) >= 11 is 0. The van der Waals surface area contributed by atoms with Crippen LogP contribution in [0.4, 0.5) is 0 Å². The second-order valence-electron chi connectivity index (χ2n) is 6.64. The molecule has 0 bridgehead atoms. The number of aromatic nitrogens is 3. The predicted octanol–water partition coefficient (Wildman–Crippen LogP) is 4.50. The predicted molar refractivity (Wildman–Crippen MR) is 95.2 cm³/mol. The third kappa shape index (κ3) is 2.42. The van der Waals surface area contributed by atoms with Crippen molar-refractivity contribution in [3.05, 3.63) is 47.9 Å². The molecule has 1 fully saturated rings. The molecule has 0 atom stereocenters. The van der Waals surface area contributed by atoms with Gasteiger partial charge in [-0.3, -0.25) is 14.8 Å². The summed E-state index contributed by atoms with van der Waals surface area (Å²) in [5.41, 5.74) is 5.24. The summed E-state index contributed by atoms with van der Waals surface area (Å²) in [7, 11) is 2.06. The van der Waals surface area contributed by atoms with Gasteiger partial charge in [0.15, 0.2) is 0 Å². The molecular weight excluding hydrogens is 298 g/mol. The van der Waals surface area contributed by atoms with Gasteiger partial charge in [0.25, 0.3) is 0 Å². The molecule has 2 aromatic heterocycles. The first kappa shape index (κ1) is 15.1. The zero-order valence-corrected chi connectivity index (χ0v) is 13.9. The van der Waals surface area contributed by atoms with Crippen molar-refractivity contribution in [2.45, 2.75) is 38.0 Å². The normalized spacial score (nSPS) is 15.7. The first-order chi connectivity index (χ1) is 11.8. The van der Waals surface area contributed by atoms with E-state index in [9.17, 15) is 4.79 Å². The van der Waals surface area contributed by atoms with Gasteiger partial charge >= 0.3 is 0 Å². The Morgan fingerprint density at radius 2 is 2.00 bits per heavy atom. The molecule has 24 heavy (non-hydrogen) atoms. The average Bonchev–Trinajstić information content (AvgIpc) is 2.95. The molecule has 1 aromatic carbocycles. The van der Waals surface area contributed by atoms with Crippen LogP contribution in [0.15, 0.2) is 36.8 Å². The molecular formula is C20H21N3O. The molecule has 0 spiro atoms. The number of carbonyl (C=O) groups is 1. The van der Waals surface area contributed by atoms with Gasteiger partial charge in [-0.05, 0) is 30.4 Å². The van der Waals surface area contributed by atoms with Gasteiger partial charge in [-0.2, -0.15) is 0 Å². The summed E-state index contributed by atoms with van der Waals surface area (Å²) in [5.74, 6) is 0.557. The fourth-order valence-corrected chi connectivity index (χ4v) is 4.09. The van der Waals surface area contributed by atoms with E-state index in [0.29, 0.717) is 11.5 Å². The van der Waals surface area contributed by atoms with Crippen molar-refractivity contribution < 1.29 is 4.79 Å². The summed E-state index contributed by atoms with van der Waals surface area (Å²) < 4.78 is 2.18. The summed E-state index contributed by atoms with van der Waals surface area (Å²) in [6.07, 6.45) is 12.5. The summed E-state index contributed by atoms with van der Waals surface area (Å²) in [6.45, 7) is 0. The SMILES string of the molecule is Cn1c(-c2cnccn2)c(C2CCCCC2)c2ccc(C=O)cc21. The van der Waals surface area contributed by atoms with Crippen LogP contribution in [0.1, 0.15) is 53.9 Å². The number of carbonyl (C=O) groups excluding carboxylic acids is 1. The Morgan fingerprint density at radius 1 is 1.17 bits per heavy atom. The van der Waals surface area contributed by atoms with Gasteiger partial charge in [0.2, 0.25) is 0 Å². The lowest BCUT2D eigenvalue weighted by molar-refractivity contribution is 0.112. The molecule has 0 radical (unpaired) electrons. The molecule has 1 aliphatic rings. The number of hydrogen-bond acceptors (Lipinski definition) is 3. The molecule has 4 rings (SSSR count). The first-order valence-electron chi connectivity index (χ1n) is 8.63. The van der Waals surface area contributed by atoms with Gasteiger partial charge < -0.3 is 4.57 Å². The lowest BCUT2D eigenvalue weighted by atomic mass is 9.82. The van der Waals surface area contributed by atoms with Gasteiger partial charge in [-0.25, -0.2) is 0 Å². The topological polar surface area (TPSA) is 47.8 Å². The highest BCUT2D eigenvalue weighted by Gasteiger charge is 2.26. The van der Waals surface area contributed by atoms with Crippen molar-refractivity contribution in [1.82, 2.24) is 14.5 Å². The number of benzene rings is 1. The smallest absolute Gasteiger partial charge is 0.150 e. The van der Waals surface area contributed by atoms with Gasteiger partial charge in [0.1, 0.15) is 12.0 Å². The largest absolute Gasteiger partial charge is 0.342 e. The third-order valence-corrected chi connectivity index (χ3v) is 5.22. The van der Waals surface area contributed by atoms with E-state index in [-0.39, 0.29) is 0 Å². The van der Waals surface area contributed by atoms with Crippen LogP contribution in [0.3, 0.4) is 0 Å². The van der Waals surface area contributed by atoms with E-state index >= 15 is 0 Å². The lowest BCUT2D eigenvalue weighted by Gasteiger charge is -2.23. The van der Waals surface area contributed by atoms with Crippen molar-refractivity contribution in [1.29, 1.82) is 0 Å². The van der Waals surface area contributed by atoms with E-state index in [1.54, 1.807) is 12.4 Å². The van der Waals surface area contributed by atoms with Crippen molar-refractivity contribution in [3.8, 4) is 11.4 Å². The maximum atomic E-state index is 11.2. The van der Waals surface area contributed by atoms with Crippen LogP contribution in [-0.4, -0.2) is 20.8 Å². The monoisotopic (exact) mass is 319 g/mol. The number of rotatable bonds is 3. The van der Waals surface area contributed by atoms with Crippen LogP contribution in [0.2, 0.25) is 0 Å². The highest BCUT2D eigenvalue weighted by Crippen LogP contribution is 2.43. The summed E-state index contributed by atoms with van der Waals surface area (Å²) in [5, 5.41) is 1.25. The van der Waals surface area contributed by atoms with Gasteiger partial charge in [-0.15, -0.1) is 0 Å². The second kappa shape index (κ2) is 6.19. The van der Waals surface area contributed by atoms with Crippen LogP contribution >= 0.6 is 0 Å². The molecule has 0 N–H and O–H groups in total. The fraction of sp³-hybridized carbons (Fsp3) is 0.350. The molecule has 1 aliphatic carbocycles. The lowest BCUT2D eigenvalue weighted by Crippen LogP contribution is -2.06. The van der Waals surface area contributed by atoms with Crippen LogP contribution in [0.25, 0.3) is 22.3 Å². The first-order valence-corrected chi connectivity index (χ1v) is 8.63. The zero-order valence-electron chi connectivity index (χ0n) is 13.9. The Balaban J connectivity index is 2.00. The van der Waals surface area contributed by atoms with Gasteiger partial charge in [0, 0.05) is 35.9 Å². The number of aldehydes is 1. The van der Waals surface area contributed by atoms with Crippen LogP contribution in [0, 0.1) is 0 Å². The molecule has 122 valence electrons. The molecule has 0 aliphatic heterocycles. The highest BCUT2D eigenvalue weighted by atomic mass is 16.1. The van der Waals surface area contributed by atoms with Crippen molar-refractivity contribution >= 4 is 17.2 Å². The molecule has 4 heteroatoms. The third-order valence-electron chi connectivity index (χ3n) is 5.22. The maximum absolute atomic E-state index is 11.2. The highest BCUT2D eigenvalue weighted by molar-refractivity contribution is 5.95. The van der Waals surface area contributed by atoms with Crippen molar-refractivity contribution in [2.75, 3.05) is 0 Å². The average molecular weight is 319 g/mol. The van der Waals surface area contributed by atoms with E-state index in [2.05, 4.69) is 27.6 Å². The molecule has 0 saturated heterocycles. The zero-order chi connectivity index (χ0) is 16.5. The number of fused-ring (bicyclic) bond motifs is 1. The second-order valence-corrected chi connectivity index (χ2v) is 6.64. The van der Waals surface area contributed by atoms with Crippen LogP contribution < -0.4 is 0 Å². The minimum absolute atomic E-state index is 0.557. The molecule has 2 heterocycles. The molecule has 0 amide bonds. The van der Waals surface area contributed by atoms with Crippen molar-refractivity contribution in [3.63, 3.8) is 0 Å². The molecule has 0 unspecified atom stereocenters. The van der Waals surface area contributed by atoms with E-state index in [1.807, 2.05) is 18.3 Å². The van der Waals surface area contributed by atoms with Crippen LogP contribution in [-0.2, 0) is 7.05 Å². The van der Waals surface area contributed by atoms with Gasteiger partial charge in [-0.1, -0.05) is 31.4 Å².